The summed E-state index contributed by atoms with van der Waals surface area (Å²) in [6.07, 6.45) is 3.27. The van der Waals surface area contributed by atoms with Crippen LogP contribution in [0.25, 0.3) is 0 Å². The molecule has 82 valence electrons. The summed E-state index contributed by atoms with van der Waals surface area (Å²) >= 11 is 0. The number of nitrogens with one attached hydrogen (secondary N) is 1. The molecule has 1 amide bonds. The first-order chi connectivity index (χ1) is 6.79. The summed E-state index contributed by atoms with van der Waals surface area (Å²) in [7, 11) is 0. The summed E-state index contributed by atoms with van der Waals surface area (Å²) in [6.45, 7) is 4.42. The predicted octanol–water partition coefficient (Wildman–Crippen LogP) is -0.0307. The minimum atomic E-state index is 0.0184. The Hall–Kier alpha value is -0.610. The van der Waals surface area contributed by atoms with Crippen molar-refractivity contribution in [3.8, 4) is 0 Å². The molecule has 1 fully saturated rings. The van der Waals surface area contributed by atoms with Crippen molar-refractivity contribution in [1.82, 2.24) is 10.2 Å². The lowest BCUT2D eigenvalue weighted by molar-refractivity contribution is -0.127. The third-order valence-corrected chi connectivity index (χ3v) is 2.73. The van der Waals surface area contributed by atoms with Gasteiger partial charge in [0.15, 0.2) is 0 Å². The van der Waals surface area contributed by atoms with Gasteiger partial charge in [0.1, 0.15) is 0 Å². The fourth-order valence-electron chi connectivity index (χ4n) is 1.96. The zero-order valence-electron chi connectivity index (χ0n) is 8.83. The largest absolute Gasteiger partial charge is 0.395 e. The number of aliphatic hydroxyl groups excluding tert-OH is 1. The Bertz CT molecular complexity index is 185. The van der Waals surface area contributed by atoms with Gasteiger partial charge in [0.05, 0.1) is 12.6 Å². The van der Waals surface area contributed by atoms with Crippen molar-refractivity contribution in [3.05, 3.63) is 0 Å². The molecule has 0 bridgehead atoms. The molecule has 1 aliphatic rings. The molecule has 1 rings (SSSR count). The van der Waals surface area contributed by atoms with Crippen LogP contribution in [0.15, 0.2) is 0 Å². The average Bonchev–Trinajstić information content (AvgIpc) is 2.25. The number of aliphatic hydroxyl groups is 1. The molecule has 1 unspecified atom stereocenters. The van der Waals surface area contributed by atoms with Crippen LogP contribution in [-0.2, 0) is 4.79 Å². The van der Waals surface area contributed by atoms with Crippen molar-refractivity contribution >= 4 is 5.91 Å². The summed E-state index contributed by atoms with van der Waals surface area (Å²) in [4.78, 5) is 13.9. The van der Waals surface area contributed by atoms with Gasteiger partial charge in [-0.05, 0) is 25.9 Å². The van der Waals surface area contributed by atoms with Gasteiger partial charge in [-0.25, -0.2) is 0 Å². The molecule has 0 spiro atoms. The molecule has 0 aromatic carbocycles. The van der Waals surface area contributed by atoms with E-state index in [9.17, 15) is 4.79 Å². The molecule has 0 aromatic rings. The SMILES string of the molecule is CCN1CCCCC1C(=O)NCCO. The van der Waals surface area contributed by atoms with Crippen LogP contribution in [0.4, 0.5) is 0 Å². The zero-order valence-corrected chi connectivity index (χ0v) is 8.83. The molecule has 1 aliphatic heterocycles. The van der Waals surface area contributed by atoms with Gasteiger partial charge in [0.25, 0.3) is 0 Å². The molecule has 14 heavy (non-hydrogen) atoms. The Morgan fingerprint density at radius 3 is 3.00 bits per heavy atom. The molecule has 4 heteroatoms. The summed E-state index contributed by atoms with van der Waals surface area (Å²) < 4.78 is 0. The first kappa shape index (κ1) is 11.5. The van der Waals surface area contributed by atoms with E-state index in [0.29, 0.717) is 6.54 Å². The molecule has 0 aliphatic carbocycles. The minimum Gasteiger partial charge on any atom is -0.395 e. The van der Waals surface area contributed by atoms with Gasteiger partial charge in [-0.2, -0.15) is 0 Å². The number of hydrogen-bond acceptors (Lipinski definition) is 3. The van der Waals surface area contributed by atoms with Crippen LogP contribution in [0.3, 0.4) is 0 Å². The maximum Gasteiger partial charge on any atom is 0.237 e. The van der Waals surface area contributed by atoms with Crippen LogP contribution in [0.2, 0.25) is 0 Å². The number of piperidine rings is 1. The molecule has 4 nitrogen and oxygen atoms in total. The second-order valence-corrected chi connectivity index (χ2v) is 3.65. The van der Waals surface area contributed by atoms with Gasteiger partial charge in [0.2, 0.25) is 5.91 Å². The topological polar surface area (TPSA) is 52.6 Å². The first-order valence-corrected chi connectivity index (χ1v) is 5.42. The van der Waals surface area contributed by atoms with Crippen molar-refractivity contribution in [2.24, 2.45) is 0 Å². The van der Waals surface area contributed by atoms with E-state index in [1.54, 1.807) is 0 Å². The summed E-state index contributed by atoms with van der Waals surface area (Å²) in [5.74, 6) is 0.0700. The van der Waals surface area contributed by atoms with Gasteiger partial charge in [-0.15, -0.1) is 0 Å². The lowest BCUT2D eigenvalue weighted by atomic mass is 10.0. The lowest BCUT2D eigenvalue weighted by Gasteiger charge is -2.33. The molecular formula is C10H20N2O2. The normalized spacial score (nSPS) is 23.4. The Morgan fingerprint density at radius 1 is 1.57 bits per heavy atom. The van der Waals surface area contributed by atoms with Crippen LogP contribution < -0.4 is 5.32 Å². The quantitative estimate of drug-likeness (QED) is 0.670. The number of carbonyl (C=O) groups excluding carboxylic acids is 1. The highest BCUT2D eigenvalue weighted by Gasteiger charge is 2.26. The van der Waals surface area contributed by atoms with E-state index in [4.69, 9.17) is 5.11 Å². The first-order valence-electron chi connectivity index (χ1n) is 5.42. The van der Waals surface area contributed by atoms with Crippen molar-refractivity contribution in [2.45, 2.75) is 32.2 Å². The number of rotatable bonds is 4. The Labute approximate surface area is 85.3 Å². The molecule has 1 atom stereocenters. The van der Waals surface area contributed by atoms with Gasteiger partial charge in [-0.3, -0.25) is 9.69 Å². The summed E-state index contributed by atoms with van der Waals surface area (Å²) in [5, 5.41) is 11.3. The highest BCUT2D eigenvalue weighted by atomic mass is 16.3. The molecule has 2 N–H and O–H groups in total. The maximum atomic E-state index is 11.7. The number of likely N-dealkylation sites (tertiary alicyclic amines) is 1. The Kier molecular flexibility index (Phi) is 4.90. The fraction of sp³-hybridized carbons (Fsp3) is 0.900. The number of hydrogen-bond donors (Lipinski definition) is 2. The molecular weight excluding hydrogens is 180 g/mol. The second kappa shape index (κ2) is 5.98. The smallest absolute Gasteiger partial charge is 0.237 e. The Morgan fingerprint density at radius 2 is 2.36 bits per heavy atom. The third-order valence-electron chi connectivity index (χ3n) is 2.73. The van der Waals surface area contributed by atoms with Crippen molar-refractivity contribution in [2.75, 3.05) is 26.2 Å². The van der Waals surface area contributed by atoms with Crippen molar-refractivity contribution in [1.29, 1.82) is 0 Å². The third kappa shape index (κ3) is 2.96. The predicted molar refractivity (Wildman–Crippen MR) is 55.0 cm³/mol. The van der Waals surface area contributed by atoms with Gasteiger partial charge < -0.3 is 10.4 Å². The van der Waals surface area contributed by atoms with Crippen LogP contribution >= 0.6 is 0 Å². The van der Waals surface area contributed by atoms with Gasteiger partial charge in [-0.1, -0.05) is 13.3 Å². The van der Waals surface area contributed by atoms with Crippen LogP contribution in [0.1, 0.15) is 26.2 Å². The van der Waals surface area contributed by atoms with E-state index in [0.717, 1.165) is 25.9 Å². The fourth-order valence-corrected chi connectivity index (χ4v) is 1.96. The molecule has 0 aromatic heterocycles. The molecule has 0 radical (unpaired) electrons. The van der Waals surface area contributed by atoms with Gasteiger partial charge in [0, 0.05) is 6.54 Å². The standard InChI is InChI=1S/C10H20N2O2/c1-2-12-7-4-3-5-9(12)10(14)11-6-8-13/h9,13H,2-8H2,1H3,(H,11,14). The highest BCUT2D eigenvalue weighted by molar-refractivity contribution is 5.81. The molecule has 1 heterocycles. The van der Waals surface area contributed by atoms with Crippen LogP contribution in [0, 0.1) is 0 Å². The van der Waals surface area contributed by atoms with Crippen LogP contribution in [-0.4, -0.2) is 48.2 Å². The van der Waals surface area contributed by atoms with Crippen molar-refractivity contribution < 1.29 is 9.90 Å². The average molecular weight is 200 g/mol. The van der Waals surface area contributed by atoms with E-state index in [1.807, 2.05) is 0 Å². The number of carbonyl (C=O) groups is 1. The van der Waals surface area contributed by atoms with E-state index in [-0.39, 0.29) is 18.6 Å². The second-order valence-electron chi connectivity index (χ2n) is 3.65. The van der Waals surface area contributed by atoms with E-state index in [1.165, 1.54) is 6.42 Å². The lowest BCUT2D eigenvalue weighted by Crippen LogP contribution is -2.49. The van der Waals surface area contributed by atoms with E-state index < -0.39 is 0 Å². The minimum absolute atomic E-state index is 0.0184. The highest BCUT2D eigenvalue weighted by Crippen LogP contribution is 2.16. The maximum absolute atomic E-state index is 11.7. The van der Waals surface area contributed by atoms with E-state index in [2.05, 4.69) is 17.1 Å². The summed E-state index contributed by atoms with van der Waals surface area (Å²) in [5.41, 5.74) is 0. The van der Waals surface area contributed by atoms with Crippen LogP contribution in [0.5, 0.6) is 0 Å². The van der Waals surface area contributed by atoms with Gasteiger partial charge >= 0.3 is 0 Å². The number of nitrogens with zero attached hydrogens (tertiary/aromatic N) is 1. The number of likely N-dealkylation sites (N-methyl/N-ethyl adjacent to an activating group) is 1. The van der Waals surface area contributed by atoms with Crippen molar-refractivity contribution in [3.63, 3.8) is 0 Å². The molecule has 1 saturated heterocycles. The Balaban J connectivity index is 2.41. The molecule has 0 saturated carbocycles. The zero-order chi connectivity index (χ0) is 10.4. The van der Waals surface area contributed by atoms with E-state index >= 15 is 0 Å². The summed E-state index contributed by atoms with van der Waals surface area (Å²) in [6, 6.07) is 0.0281. The number of amides is 1. The monoisotopic (exact) mass is 200 g/mol.